The lowest BCUT2D eigenvalue weighted by atomic mass is 10.2. The van der Waals surface area contributed by atoms with E-state index in [1.165, 1.54) is 18.2 Å². The smallest absolute Gasteiger partial charge is 0.478 e. The lowest BCUT2D eigenvalue weighted by molar-refractivity contribution is 0.0689. The Morgan fingerprint density at radius 3 is 2.57 bits per heavy atom. The third kappa shape index (κ3) is 5.72. The van der Waals surface area contributed by atoms with E-state index in [4.69, 9.17) is 20.3 Å². The first-order valence-corrected chi connectivity index (χ1v) is 7.02. The minimum Gasteiger partial charge on any atom is -0.478 e. The summed E-state index contributed by atoms with van der Waals surface area (Å²) in [4.78, 5) is 22.6. The van der Waals surface area contributed by atoms with Crippen LogP contribution in [0.3, 0.4) is 0 Å². The molecule has 6 nitrogen and oxygen atoms in total. The number of carboxylic acid groups (broad SMARTS) is 1. The van der Waals surface area contributed by atoms with Crippen LogP contribution in [0, 0.1) is 0 Å². The van der Waals surface area contributed by atoms with Gasteiger partial charge in [0.25, 0.3) is 0 Å². The minimum atomic E-state index is -1.22. The molecule has 6 heteroatoms. The largest absolute Gasteiger partial charge is 0.513 e. The number of carboxylic acids is 1. The molecule has 0 aromatic heterocycles. The summed E-state index contributed by atoms with van der Waals surface area (Å²) in [6, 6.07) is 4.25. The molecule has 3 N–H and O–H groups in total. The maximum Gasteiger partial charge on any atom is 0.513 e. The summed E-state index contributed by atoms with van der Waals surface area (Å²) in [5.74, 6) is -1.40. The van der Waals surface area contributed by atoms with Gasteiger partial charge in [-0.05, 0) is 18.6 Å². The number of carbonyl (C=O) groups excluding carboxylic acids is 1. The molecule has 1 aromatic carbocycles. The summed E-state index contributed by atoms with van der Waals surface area (Å²) in [6.45, 7) is 2.37. The Bertz CT molecular complexity index is 487. The van der Waals surface area contributed by atoms with Crippen LogP contribution in [0.1, 0.15) is 49.4 Å². The van der Waals surface area contributed by atoms with Crippen LogP contribution in [0.15, 0.2) is 18.2 Å². The normalized spacial score (nSPS) is 10.1. The molecule has 0 radical (unpaired) electrons. The molecule has 0 fully saturated rings. The summed E-state index contributed by atoms with van der Waals surface area (Å²) in [5.41, 5.74) is 5.53. The van der Waals surface area contributed by atoms with Gasteiger partial charge in [0.2, 0.25) is 0 Å². The van der Waals surface area contributed by atoms with Crippen LogP contribution in [0.4, 0.5) is 10.5 Å². The number of benzene rings is 1. The van der Waals surface area contributed by atoms with Gasteiger partial charge >= 0.3 is 12.1 Å². The monoisotopic (exact) mass is 295 g/mol. The van der Waals surface area contributed by atoms with Crippen LogP contribution in [0.5, 0.6) is 5.75 Å². The Morgan fingerprint density at radius 1 is 1.19 bits per heavy atom. The van der Waals surface area contributed by atoms with Crippen molar-refractivity contribution >= 4 is 17.8 Å². The minimum absolute atomic E-state index is 0.0785. The van der Waals surface area contributed by atoms with Gasteiger partial charge < -0.3 is 20.3 Å². The van der Waals surface area contributed by atoms with Crippen molar-refractivity contribution in [2.45, 2.75) is 39.0 Å². The highest BCUT2D eigenvalue weighted by Crippen LogP contribution is 2.26. The van der Waals surface area contributed by atoms with E-state index in [0.29, 0.717) is 0 Å². The van der Waals surface area contributed by atoms with E-state index >= 15 is 0 Å². The number of unbranched alkanes of at least 4 members (excludes halogenated alkanes) is 4. The third-order valence-corrected chi connectivity index (χ3v) is 2.93. The molecule has 1 aromatic rings. The van der Waals surface area contributed by atoms with Gasteiger partial charge in [-0.25, -0.2) is 9.59 Å². The zero-order chi connectivity index (χ0) is 15.7. The van der Waals surface area contributed by atoms with Gasteiger partial charge in [0, 0.05) is 0 Å². The predicted molar refractivity (Wildman–Crippen MR) is 78.5 cm³/mol. The second-order valence-corrected chi connectivity index (χ2v) is 4.64. The Balaban J connectivity index is 2.46. The highest BCUT2D eigenvalue weighted by Gasteiger charge is 2.17. The first kappa shape index (κ1) is 16.8. The topological polar surface area (TPSA) is 98.9 Å². The van der Waals surface area contributed by atoms with Crippen molar-refractivity contribution in [1.29, 1.82) is 0 Å². The van der Waals surface area contributed by atoms with Gasteiger partial charge in [0.05, 0.1) is 12.3 Å². The average Bonchev–Trinajstić information content (AvgIpc) is 2.44. The number of anilines is 1. The van der Waals surface area contributed by atoms with Gasteiger partial charge in [-0.1, -0.05) is 38.7 Å². The van der Waals surface area contributed by atoms with Gasteiger partial charge in [0.1, 0.15) is 5.56 Å². The molecule has 0 amide bonds. The first-order chi connectivity index (χ1) is 10.1. The Hall–Kier alpha value is -2.24. The van der Waals surface area contributed by atoms with Crippen molar-refractivity contribution in [1.82, 2.24) is 0 Å². The van der Waals surface area contributed by atoms with E-state index in [2.05, 4.69) is 6.92 Å². The Morgan fingerprint density at radius 2 is 1.90 bits per heavy atom. The molecule has 116 valence electrons. The zero-order valence-corrected chi connectivity index (χ0v) is 12.1. The quantitative estimate of drug-likeness (QED) is 0.330. The molecule has 21 heavy (non-hydrogen) atoms. The predicted octanol–water partition coefficient (Wildman–Crippen LogP) is 3.45. The number of nitrogen functional groups attached to an aromatic ring is 1. The van der Waals surface area contributed by atoms with Gasteiger partial charge in [-0.3, -0.25) is 0 Å². The van der Waals surface area contributed by atoms with E-state index < -0.39 is 12.1 Å². The fourth-order valence-electron chi connectivity index (χ4n) is 1.81. The van der Waals surface area contributed by atoms with E-state index in [0.717, 1.165) is 32.1 Å². The summed E-state index contributed by atoms with van der Waals surface area (Å²) < 4.78 is 9.80. The molecular formula is C15H21NO5. The van der Waals surface area contributed by atoms with Crippen molar-refractivity contribution in [2.24, 2.45) is 0 Å². The molecule has 0 aliphatic carbocycles. The molecule has 0 aliphatic rings. The van der Waals surface area contributed by atoms with E-state index in [1.807, 2.05) is 0 Å². The highest BCUT2D eigenvalue weighted by molar-refractivity contribution is 5.94. The second-order valence-electron chi connectivity index (χ2n) is 4.64. The van der Waals surface area contributed by atoms with Gasteiger partial charge in [0.15, 0.2) is 5.75 Å². The lowest BCUT2D eigenvalue weighted by Crippen LogP contribution is -2.15. The van der Waals surface area contributed by atoms with Gasteiger partial charge in [-0.2, -0.15) is 0 Å². The molecule has 0 saturated carbocycles. The molecule has 0 unspecified atom stereocenters. The molecule has 0 heterocycles. The van der Waals surface area contributed by atoms with Crippen LogP contribution < -0.4 is 10.5 Å². The van der Waals surface area contributed by atoms with Crippen LogP contribution in [-0.2, 0) is 4.74 Å². The van der Waals surface area contributed by atoms with Crippen LogP contribution in [0.2, 0.25) is 0 Å². The number of aromatic carboxylic acids is 1. The van der Waals surface area contributed by atoms with E-state index in [1.54, 1.807) is 0 Å². The number of rotatable bonds is 8. The number of carbonyl (C=O) groups is 2. The maximum atomic E-state index is 11.5. The molecule has 0 spiro atoms. The zero-order valence-electron chi connectivity index (χ0n) is 12.1. The molecule has 0 bridgehead atoms. The van der Waals surface area contributed by atoms with Crippen molar-refractivity contribution in [3.63, 3.8) is 0 Å². The first-order valence-electron chi connectivity index (χ1n) is 7.02. The Kier molecular flexibility index (Phi) is 7.08. The number of para-hydroxylation sites is 1. The standard InChI is InChI=1S/C15H21NO5/c1-2-3-4-5-6-10-20-15(19)21-13-11(14(17)18)8-7-9-12(13)16/h7-9H,2-6,10,16H2,1H3,(H,17,18). The van der Waals surface area contributed by atoms with E-state index in [9.17, 15) is 9.59 Å². The molecular weight excluding hydrogens is 274 g/mol. The summed E-state index contributed by atoms with van der Waals surface area (Å²) in [5, 5.41) is 9.01. The second kappa shape index (κ2) is 8.84. The highest BCUT2D eigenvalue weighted by atomic mass is 16.7. The maximum absolute atomic E-state index is 11.5. The SMILES string of the molecule is CCCCCCCOC(=O)Oc1c(N)cccc1C(=O)O. The summed E-state index contributed by atoms with van der Waals surface area (Å²) in [7, 11) is 0. The third-order valence-electron chi connectivity index (χ3n) is 2.93. The molecule has 1 rings (SSSR count). The molecule has 0 atom stereocenters. The van der Waals surface area contributed by atoms with Gasteiger partial charge in [-0.15, -0.1) is 0 Å². The number of hydrogen-bond donors (Lipinski definition) is 2. The van der Waals surface area contributed by atoms with Crippen molar-refractivity contribution in [3.05, 3.63) is 23.8 Å². The van der Waals surface area contributed by atoms with Crippen LogP contribution in [-0.4, -0.2) is 23.8 Å². The average molecular weight is 295 g/mol. The Labute approximate surface area is 123 Å². The summed E-state index contributed by atoms with van der Waals surface area (Å²) in [6.07, 6.45) is 4.20. The number of ether oxygens (including phenoxy) is 2. The fraction of sp³-hybridized carbons (Fsp3) is 0.467. The van der Waals surface area contributed by atoms with Crippen molar-refractivity contribution in [2.75, 3.05) is 12.3 Å². The number of nitrogens with two attached hydrogens (primary N) is 1. The van der Waals surface area contributed by atoms with Crippen LogP contribution in [0.25, 0.3) is 0 Å². The van der Waals surface area contributed by atoms with Crippen molar-refractivity contribution in [3.8, 4) is 5.75 Å². The summed E-state index contributed by atoms with van der Waals surface area (Å²) >= 11 is 0. The van der Waals surface area contributed by atoms with Crippen molar-refractivity contribution < 1.29 is 24.2 Å². The van der Waals surface area contributed by atoms with Crippen LogP contribution >= 0.6 is 0 Å². The lowest BCUT2D eigenvalue weighted by Gasteiger charge is -2.10. The number of hydrogen-bond acceptors (Lipinski definition) is 5. The molecule has 0 saturated heterocycles. The fourth-order valence-corrected chi connectivity index (χ4v) is 1.81. The van der Waals surface area contributed by atoms with E-state index in [-0.39, 0.29) is 23.6 Å². The molecule has 0 aliphatic heterocycles.